The number of nitrogens with zero attached hydrogens (tertiary/aromatic N) is 3. The van der Waals surface area contributed by atoms with Crippen molar-refractivity contribution in [3.8, 4) is 0 Å². The molecule has 1 aliphatic rings. The Balaban J connectivity index is 0.00000288. The van der Waals surface area contributed by atoms with Gasteiger partial charge in [-0.2, -0.15) is 0 Å². The molecule has 1 aromatic rings. The third-order valence-corrected chi connectivity index (χ3v) is 5.63. The Labute approximate surface area is 166 Å². The van der Waals surface area contributed by atoms with E-state index in [1.807, 2.05) is 6.92 Å². The van der Waals surface area contributed by atoms with E-state index in [0.717, 1.165) is 38.7 Å². The second-order valence-corrected chi connectivity index (χ2v) is 8.83. The Morgan fingerprint density at radius 1 is 1.33 bits per heavy atom. The minimum atomic E-state index is -2.90. The van der Waals surface area contributed by atoms with Gasteiger partial charge in [0.1, 0.15) is 9.84 Å². The summed E-state index contributed by atoms with van der Waals surface area (Å²) in [7, 11) is -2.90. The summed E-state index contributed by atoms with van der Waals surface area (Å²) in [5.41, 5.74) is 0. The zero-order valence-electron chi connectivity index (χ0n) is 14.3. The van der Waals surface area contributed by atoms with Gasteiger partial charge in [0.25, 0.3) is 0 Å². The van der Waals surface area contributed by atoms with Gasteiger partial charge in [-0.15, -0.1) is 35.3 Å². The van der Waals surface area contributed by atoms with Crippen molar-refractivity contribution in [2.75, 3.05) is 56.2 Å². The van der Waals surface area contributed by atoms with Crippen LogP contribution in [0.5, 0.6) is 0 Å². The van der Waals surface area contributed by atoms with Gasteiger partial charge in [0.2, 0.25) is 0 Å². The van der Waals surface area contributed by atoms with Gasteiger partial charge < -0.3 is 15.1 Å². The molecular formula is C15H27IN4O2S2. The van der Waals surface area contributed by atoms with E-state index in [2.05, 4.69) is 37.6 Å². The summed E-state index contributed by atoms with van der Waals surface area (Å²) in [5.74, 6) is 1.09. The lowest BCUT2D eigenvalue weighted by Crippen LogP contribution is -2.52. The lowest BCUT2D eigenvalue weighted by atomic mass is 10.3. The number of thiophene rings is 1. The highest BCUT2D eigenvalue weighted by atomic mass is 127. The normalized spacial score (nSPS) is 16.0. The molecular weight excluding hydrogens is 459 g/mol. The minimum absolute atomic E-state index is 0. The van der Waals surface area contributed by atoms with Crippen LogP contribution in [0, 0.1) is 0 Å². The molecule has 0 atom stereocenters. The fourth-order valence-corrected chi connectivity index (χ4v) is 3.96. The third kappa shape index (κ3) is 7.14. The van der Waals surface area contributed by atoms with Crippen molar-refractivity contribution in [1.82, 2.24) is 10.2 Å². The summed E-state index contributed by atoms with van der Waals surface area (Å²) in [4.78, 5) is 9.23. The van der Waals surface area contributed by atoms with Crippen molar-refractivity contribution >= 4 is 56.1 Å². The first-order valence-corrected chi connectivity index (χ1v) is 10.9. The van der Waals surface area contributed by atoms with Crippen LogP contribution in [0.4, 0.5) is 5.00 Å². The summed E-state index contributed by atoms with van der Waals surface area (Å²) in [6.07, 6.45) is 1.84. The molecule has 0 saturated carbocycles. The predicted molar refractivity (Wildman–Crippen MR) is 114 cm³/mol. The summed E-state index contributed by atoms with van der Waals surface area (Å²) in [6, 6.07) is 4.24. The van der Waals surface area contributed by atoms with Crippen LogP contribution < -0.4 is 10.2 Å². The molecule has 0 bridgehead atoms. The number of halogens is 1. The van der Waals surface area contributed by atoms with Crippen molar-refractivity contribution < 1.29 is 8.42 Å². The summed E-state index contributed by atoms with van der Waals surface area (Å²) < 4.78 is 22.3. The van der Waals surface area contributed by atoms with Gasteiger partial charge >= 0.3 is 0 Å². The van der Waals surface area contributed by atoms with Crippen molar-refractivity contribution in [3.63, 3.8) is 0 Å². The molecule has 1 aliphatic heterocycles. The van der Waals surface area contributed by atoms with Crippen LogP contribution in [0.2, 0.25) is 0 Å². The van der Waals surface area contributed by atoms with Gasteiger partial charge in [0.05, 0.1) is 10.8 Å². The van der Waals surface area contributed by atoms with Gasteiger partial charge in [-0.3, -0.25) is 4.99 Å². The molecule has 138 valence electrons. The second-order valence-electron chi connectivity index (χ2n) is 5.64. The molecule has 1 aromatic heterocycles. The van der Waals surface area contributed by atoms with Crippen LogP contribution in [0.25, 0.3) is 0 Å². The maximum atomic E-state index is 11.2. The average molecular weight is 486 g/mol. The lowest BCUT2D eigenvalue weighted by molar-refractivity contribution is 0.373. The van der Waals surface area contributed by atoms with Gasteiger partial charge in [0, 0.05) is 45.5 Å². The van der Waals surface area contributed by atoms with Crippen molar-refractivity contribution in [2.45, 2.75) is 13.3 Å². The fourth-order valence-electron chi connectivity index (χ4n) is 2.53. The Hall–Kier alpha value is -0.550. The molecule has 0 unspecified atom stereocenters. The molecule has 0 amide bonds. The van der Waals surface area contributed by atoms with Gasteiger partial charge in [-0.1, -0.05) is 0 Å². The highest BCUT2D eigenvalue weighted by Crippen LogP contribution is 2.22. The van der Waals surface area contributed by atoms with Crippen molar-refractivity contribution in [3.05, 3.63) is 17.5 Å². The maximum Gasteiger partial charge on any atom is 0.194 e. The molecule has 1 N–H and O–H groups in total. The smallest absolute Gasteiger partial charge is 0.194 e. The zero-order chi connectivity index (χ0) is 16.7. The molecule has 0 spiro atoms. The largest absolute Gasteiger partial charge is 0.360 e. The Kier molecular flexibility index (Phi) is 9.35. The second kappa shape index (κ2) is 10.4. The molecule has 1 fully saturated rings. The Bertz CT molecular complexity index is 597. The van der Waals surface area contributed by atoms with E-state index in [1.54, 1.807) is 11.3 Å². The summed E-state index contributed by atoms with van der Waals surface area (Å²) in [6.45, 7) is 7.22. The molecule has 6 nitrogen and oxygen atoms in total. The first-order chi connectivity index (χ1) is 11.0. The molecule has 0 radical (unpaired) electrons. The topological polar surface area (TPSA) is 65.0 Å². The monoisotopic (exact) mass is 486 g/mol. The summed E-state index contributed by atoms with van der Waals surface area (Å²) >= 11 is 1.77. The van der Waals surface area contributed by atoms with E-state index in [-0.39, 0.29) is 29.7 Å². The number of guanidine groups is 1. The first kappa shape index (κ1) is 21.5. The number of anilines is 1. The molecule has 2 heterocycles. The van der Waals surface area contributed by atoms with E-state index >= 15 is 0 Å². The highest BCUT2D eigenvalue weighted by molar-refractivity contribution is 14.0. The van der Waals surface area contributed by atoms with Crippen molar-refractivity contribution in [1.29, 1.82) is 0 Å². The predicted octanol–water partition coefficient (Wildman–Crippen LogP) is 1.89. The number of aliphatic imine (C=N–C) groups is 1. The van der Waals surface area contributed by atoms with Crippen LogP contribution >= 0.6 is 35.3 Å². The van der Waals surface area contributed by atoms with Gasteiger partial charge in [0.15, 0.2) is 5.96 Å². The number of nitrogens with one attached hydrogen (secondary N) is 1. The summed E-state index contributed by atoms with van der Waals surface area (Å²) in [5, 5.41) is 6.74. The van der Waals surface area contributed by atoms with E-state index in [9.17, 15) is 8.42 Å². The number of hydrogen-bond donors (Lipinski definition) is 1. The Morgan fingerprint density at radius 3 is 2.58 bits per heavy atom. The van der Waals surface area contributed by atoms with Crippen LogP contribution in [0.3, 0.4) is 0 Å². The fraction of sp³-hybridized carbons (Fsp3) is 0.667. The van der Waals surface area contributed by atoms with Gasteiger partial charge in [-0.25, -0.2) is 8.42 Å². The standard InChI is InChI=1S/C15H26N4O2S2.HI/c1-3-16-15(17-7-5-13-23(2,20)21)19-10-8-18(9-11-19)14-6-4-12-22-14;/h4,6,12H,3,5,7-11,13H2,1-2H3,(H,16,17);1H. The van der Waals surface area contributed by atoms with Gasteiger partial charge in [-0.05, 0) is 30.9 Å². The highest BCUT2D eigenvalue weighted by Gasteiger charge is 2.20. The number of piperazine rings is 1. The van der Waals surface area contributed by atoms with Crippen LogP contribution in [0.15, 0.2) is 22.5 Å². The third-order valence-electron chi connectivity index (χ3n) is 3.67. The zero-order valence-corrected chi connectivity index (χ0v) is 18.2. The number of hydrogen-bond acceptors (Lipinski definition) is 5. The van der Waals surface area contributed by atoms with E-state index < -0.39 is 9.84 Å². The van der Waals surface area contributed by atoms with Crippen LogP contribution in [-0.4, -0.2) is 70.6 Å². The van der Waals surface area contributed by atoms with Crippen LogP contribution in [0.1, 0.15) is 13.3 Å². The molecule has 24 heavy (non-hydrogen) atoms. The maximum absolute atomic E-state index is 11.2. The number of rotatable bonds is 6. The molecule has 1 saturated heterocycles. The first-order valence-electron chi connectivity index (χ1n) is 7.99. The van der Waals surface area contributed by atoms with Crippen molar-refractivity contribution in [2.24, 2.45) is 4.99 Å². The minimum Gasteiger partial charge on any atom is -0.360 e. The van der Waals surface area contributed by atoms with E-state index in [0.29, 0.717) is 13.0 Å². The molecule has 9 heteroatoms. The number of sulfone groups is 1. The Morgan fingerprint density at radius 2 is 2.04 bits per heavy atom. The average Bonchev–Trinajstić information content (AvgIpc) is 3.04. The lowest BCUT2D eigenvalue weighted by Gasteiger charge is -2.37. The molecule has 0 aliphatic carbocycles. The molecule has 0 aromatic carbocycles. The van der Waals surface area contributed by atoms with Crippen LogP contribution in [-0.2, 0) is 9.84 Å². The van der Waals surface area contributed by atoms with E-state index in [1.165, 1.54) is 11.3 Å². The quantitative estimate of drug-likeness (QED) is 0.288. The molecule has 2 rings (SSSR count). The van der Waals surface area contributed by atoms with E-state index in [4.69, 9.17) is 0 Å². The SMILES string of the molecule is CCNC(=NCCCS(C)(=O)=O)N1CCN(c2cccs2)CC1.I.